The topological polar surface area (TPSA) is 57.5 Å². The maximum absolute atomic E-state index is 10.4. The molecule has 0 amide bonds. The van der Waals surface area contributed by atoms with Crippen LogP contribution in [0.3, 0.4) is 0 Å². The van der Waals surface area contributed by atoms with Crippen molar-refractivity contribution in [2.24, 2.45) is 0 Å². The summed E-state index contributed by atoms with van der Waals surface area (Å²) in [5, 5.41) is 18.3. The molecule has 0 aliphatic carbocycles. The normalized spacial score (nSPS) is 13.7. The van der Waals surface area contributed by atoms with Gasteiger partial charge in [-0.25, -0.2) is 0 Å². The largest absolute Gasteiger partial charge is 0.481 e. The van der Waals surface area contributed by atoms with Gasteiger partial charge in [-0.2, -0.15) is 0 Å². The zero-order chi connectivity index (χ0) is 18.6. The molecule has 0 aromatic heterocycles. The number of carboxylic acid groups (broad SMARTS) is 1. The third-order valence-electron chi connectivity index (χ3n) is 3.82. The van der Waals surface area contributed by atoms with Crippen molar-refractivity contribution < 1.29 is 15.0 Å². The lowest BCUT2D eigenvalue weighted by molar-refractivity contribution is -0.137. The second kappa shape index (κ2) is 18.7. The van der Waals surface area contributed by atoms with Gasteiger partial charge >= 0.3 is 5.97 Å². The molecule has 0 saturated carbocycles. The van der Waals surface area contributed by atoms with Crippen LogP contribution in [0.2, 0.25) is 0 Å². The van der Waals surface area contributed by atoms with E-state index in [1.54, 1.807) is 0 Å². The van der Waals surface area contributed by atoms with Gasteiger partial charge in [-0.1, -0.05) is 81.2 Å². The first kappa shape index (κ1) is 23.4. The van der Waals surface area contributed by atoms with E-state index in [-0.39, 0.29) is 12.5 Å². The molecule has 2 N–H and O–H groups in total. The molecule has 0 heterocycles. The maximum Gasteiger partial charge on any atom is 0.303 e. The third-order valence-corrected chi connectivity index (χ3v) is 3.82. The molecule has 0 rings (SSSR count). The van der Waals surface area contributed by atoms with Gasteiger partial charge < -0.3 is 10.2 Å². The van der Waals surface area contributed by atoms with Crippen LogP contribution in [0.15, 0.2) is 48.6 Å². The summed E-state index contributed by atoms with van der Waals surface area (Å²) >= 11 is 0. The number of carbonyl (C=O) groups is 1. The average molecular weight is 349 g/mol. The van der Waals surface area contributed by atoms with Crippen molar-refractivity contribution in [3.05, 3.63) is 48.6 Å². The zero-order valence-electron chi connectivity index (χ0n) is 15.8. The molecule has 3 nitrogen and oxygen atoms in total. The third kappa shape index (κ3) is 20.3. The Balaban J connectivity index is 3.52. The van der Waals surface area contributed by atoms with Gasteiger partial charge in [0, 0.05) is 6.42 Å². The lowest BCUT2D eigenvalue weighted by atomic mass is 10.1. The summed E-state index contributed by atoms with van der Waals surface area (Å²) in [6.07, 6.45) is 26.4. The van der Waals surface area contributed by atoms with Crippen molar-refractivity contribution in [1.82, 2.24) is 0 Å². The van der Waals surface area contributed by atoms with Crippen LogP contribution in [0.5, 0.6) is 0 Å². The van der Waals surface area contributed by atoms with Gasteiger partial charge in [0.05, 0.1) is 6.10 Å². The fourth-order valence-corrected chi connectivity index (χ4v) is 2.33. The summed E-state index contributed by atoms with van der Waals surface area (Å²) in [4.78, 5) is 10.4. The van der Waals surface area contributed by atoms with Crippen molar-refractivity contribution in [3.8, 4) is 0 Å². The standard InChI is InChI=1S/C22H36O3/c1-2-3-15-18-21(23)19-16-13-11-9-7-5-4-6-8-10-12-14-17-20-22(24)25/h5-8,11,13,16,19,21,23H,2-4,9-10,12,14-15,17-18,20H2,1H3,(H,24,25)/b7-5-,8-6-,13-11-,19-16+. The van der Waals surface area contributed by atoms with E-state index in [1.807, 2.05) is 18.2 Å². The minimum Gasteiger partial charge on any atom is -0.481 e. The summed E-state index contributed by atoms with van der Waals surface area (Å²) in [5.74, 6) is -0.701. The summed E-state index contributed by atoms with van der Waals surface area (Å²) in [5.41, 5.74) is 0. The Hall–Kier alpha value is -1.61. The zero-order valence-corrected chi connectivity index (χ0v) is 15.8. The van der Waals surface area contributed by atoms with E-state index in [0.29, 0.717) is 0 Å². The molecule has 3 heteroatoms. The van der Waals surface area contributed by atoms with Gasteiger partial charge in [0.15, 0.2) is 0 Å². The average Bonchev–Trinajstić information content (AvgIpc) is 2.58. The van der Waals surface area contributed by atoms with Crippen molar-refractivity contribution in [1.29, 1.82) is 0 Å². The molecule has 0 aliphatic heterocycles. The number of aliphatic carboxylic acids is 1. The number of rotatable bonds is 16. The summed E-state index contributed by atoms with van der Waals surface area (Å²) in [7, 11) is 0. The highest BCUT2D eigenvalue weighted by Crippen LogP contribution is 2.05. The molecular formula is C22H36O3. The van der Waals surface area contributed by atoms with E-state index in [1.165, 1.54) is 12.8 Å². The lowest BCUT2D eigenvalue weighted by Crippen LogP contribution is -2.00. The van der Waals surface area contributed by atoms with Crippen LogP contribution >= 0.6 is 0 Å². The van der Waals surface area contributed by atoms with E-state index in [2.05, 4.69) is 37.3 Å². The number of aliphatic hydroxyl groups is 1. The van der Waals surface area contributed by atoms with Crippen LogP contribution in [0.1, 0.15) is 77.6 Å². The van der Waals surface area contributed by atoms with Crippen molar-refractivity contribution in [3.63, 3.8) is 0 Å². The highest BCUT2D eigenvalue weighted by atomic mass is 16.4. The molecule has 0 fully saturated rings. The number of allylic oxidation sites excluding steroid dienone is 7. The van der Waals surface area contributed by atoms with Crippen LogP contribution in [-0.2, 0) is 4.79 Å². The lowest BCUT2D eigenvalue weighted by Gasteiger charge is -2.02. The molecule has 25 heavy (non-hydrogen) atoms. The molecule has 1 atom stereocenters. The molecule has 142 valence electrons. The Kier molecular flexibility index (Phi) is 17.5. The molecule has 0 aromatic carbocycles. The van der Waals surface area contributed by atoms with Crippen LogP contribution in [-0.4, -0.2) is 22.3 Å². The quantitative estimate of drug-likeness (QED) is 0.205. The van der Waals surface area contributed by atoms with Crippen molar-refractivity contribution in [2.45, 2.75) is 83.7 Å². The summed E-state index contributed by atoms with van der Waals surface area (Å²) < 4.78 is 0. The monoisotopic (exact) mass is 348 g/mol. The van der Waals surface area contributed by atoms with Gasteiger partial charge in [0.1, 0.15) is 0 Å². The van der Waals surface area contributed by atoms with Crippen molar-refractivity contribution in [2.75, 3.05) is 0 Å². The number of hydrogen-bond donors (Lipinski definition) is 2. The van der Waals surface area contributed by atoms with Crippen LogP contribution in [0, 0.1) is 0 Å². The van der Waals surface area contributed by atoms with Gasteiger partial charge in [-0.05, 0) is 38.5 Å². The van der Waals surface area contributed by atoms with Gasteiger partial charge in [-0.3, -0.25) is 4.79 Å². The second-order valence-corrected chi connectivity index (χ2v) is 6.28. The first-order chi connectivity index (χ1) is 12.2. The Labute approximate surface area is 153 Å². The Morgan fingerprint density at radius 3 is 2.32 bits per heavy atom. The highest BCUT2D eigenvalue weighted by molar-refractivity contribution is 5.66. The van der Waals surface area contributed by atoms with Crippen LogP contribution in [0.4, 0.5) is 0 Å². The number of hydrogen-bond acceptors (Lipinski definition) is 2. The highest BCUT2D eigenvalue weighted by Gasteiger charge is 1.96. The molecule has 0 spiro atoms. The smallest absolute Gasteiger partial charge is 0.303 e. The minimum atomic E-state index is -0.701. The SMILES string of the molecule is CCCCCC(O)/C=C/C=C\C/C=C\C/C=C\CCCCCC(=O)O. The molecular weight excluding hydrogens is 312 g/mol. The van der Waals surface area contributed by atoms with E-state index in [4.69, 9.17) is 5.11 Å². The van der Waals surface area contributed by atoms with Crippen LogP contribution in [0.25, 0.3) is 0 Å². The summed E-state index contributed by atoms with van der Waals surface area (Å²) in [6.45, 7) is 2.17. The predicted octanol–water partition coefficient (Wildman–Crippen LogP) is 5.97. The Bertz CT molecular complexity index is 419. The van der Waals surface area contributed by atoms with Gasteiger partial charge in [-0.15, -0.1) is 0 Å². The Morgan fingerprint density at radius 2 is 1.60 bits per heavy atom. The molecule has 1 unspecified atom stereocenters. The minimum absolute atomic E-state index is 0.285. The fourth-order valence-electron chi connectivity index (χ4n) is 2.33. The molecule has 0 aromatic rings. The molecule has 0 aliphatic rings. The first-order valence-corrected chi connectivity index (χ1v) is 9.70. The van der Waals surface area contributed by atoms with E-state index < -0.39 is 5.97 Å². The fraction of sp³-hybridized carbons (Fsp3) is 0.591. The maximum atomic E-state index is 10.4. The predicted molar refractivity (Wildman–Crippen MR) is 107 cm³/mol. The summed E-state index contributed by atoms with van der Waals surface area (Å²) in [6, 6.07) is 0. The van der Waals surface area contributed by atoms with Crippen molar-refractivity contribution >= 4 is 5.97 Å². The van der Waals surface area contributed by atoms with Crippen LogP contribution < -0.4 is 0 Å². The Morgan fingerprint density at radius 1 is 0.880 bits per heavy atom. The molecule has 0 saturated heterocycles. The molecule has 0 bridgehead atoms. The number of carboxylic acids is 1. The number of aliphatic hydroxyl groups excluding tert-OH is 1. The van der Waals surface area contributed by atoms with E-state index >= 15 is 0 Å². The van der Waals surface area contributed by atoms with Gasteiger partial charge in [0.2, 0.25) is 0 Å². The first-order valence-electron chi connectivity index (χ1n) is 9.70. The second-order valence-electron chi connectivity index (χ2n) is 6.28. The van der Waals surface area contributed by atoms with Gasteiger partial charge in [0.25, 0.3) is 0 Å². The number of unbranched alkanes of at least 4 members (excludes halogenated alkanes) is 5. The van der Waals surface area contributed by atoms with E-state index in [9.17, 15) is 9.90 Å². The molecule has 0 radical (unpaired) electrons. The van der Waals surface area contributed by atoms with E-state index in [0.717, 1.165) is 51.4 Å².